The van der Waals surface area contributed by atoms with Crippen LogP contribution < -0.4 is 0 Å². The number of carbonyl (C=O) groups is 4. The lowest BCUT2D eigenvalue weighted by Gasteiger charge is -2.28. The normalized spacial score (nSPS) is 21.1. The Morgan fingerprint density at radius 1 is 1.12 bits per heavy atom. The summed E-state index contributed by atoms with van der Waals surface area (Å²) in [5.74, 6) is -1.66. The van der Waals surface area contributed by atoms with Crippen molar-refractivity contribution in [2.24, 2.45) is 5.92 Å². The van der Waals surface area contributed by atoms with Gasteiger partial charge < -0.3 is 4.74 Å². The number of imide groups is 1. The van der Waals surface area contributed by atoms with Crippen LogP contribution >= 0.6 is 0 Å². The Labute approximate surface area is 152 Å². The van der Waals surface area contributed by atoms with Gasteiger partial charge in [0.2, 0.25) is 0 Å². The number of nitrogens with zero attached hydrogens (tertiary/aromatic N) is 1. The highest BCUT2D eigenvalue weighted by Crippen LogP contribution is 2.28. The fourth-order valence-corrected chi connectivity index (χ4v) is 3.54. The number of hydrogen-bond donors (Lipinski definition) is 0. The summed E-state index contributed by atoms with van der Waals surface area (Å²) >= 11 is 0. The summed E-state index contributed by atoms with van der Waals surface area (Å²) in [5, 5.41) is 0. The summed E-state index contributed by atoms with van der Waals surface area (Å²) < 4.78 is 5.44. The van der Waals surface area contributed by atoms with Gasteiger partial charge in [-0.3, -0.25) is 19.3 Å². The van der Waals surface area contributed by atoms with E-state index in [1.54, 1.807) is 24.3 Å². The molecule has 6 nitrogen and oxygen atoms in total. The number of hydrogen-bond acceptors (Lipinski definition) is 5. The maximum Gasteiger partial charge on any atom is 0.330 e. The minimum atomic E-state index is -1.02. The molecule has 138 valence electrons. The molecule has 6 heteroatoms. The molecule has 0 unspecified atom stereocenters. The molecule has 0 aromatic heterocycles. The van der Waals surface area contributed by atoms with E-state index in [4.69, 9.17) is 4.74 Å². The van der Waals surface area contributed by atoms with Gasteiger partial charge in [-0.05, 0) is 43.7 Å². The van der Waals surface area contributed by atoms with E-state index in [1.165, 1.54) is 0 Å². The molecule has 3 rings (SSSR count). The van der Waals surface area contributed by atoms with E-state index in [2.05, 4.69) is 0 Å². The van der Waals surface area contributed by atoms with Crippen LogP contribution in [0.1, 0.15) is 66.7 Å². The summed E-state index contributed by atoms with van der Waals surface area (Å²) in [5.41, 5.74) is 0.598. The molecule has 1 fully saturated rings. The number of rotatable bonds is 5. The fraction of sp³-hybridized carbons (Fsp3) is 0.500. The third-order valence-corrected chi connectivity index (χ3v) is 4.86. The van der Waals surface area contributed by atoms with E-state index < -0.39 is 29.9 Å². The zero-order valence-electron chi connectivity index (χ0n) is 15.1. The Bertz CT molecular complexity index is 719. The van der Waals surface area contributed by atoms with Gasteiger partial charge in [-0.25, -0.2) is 4.79 Å². The zero-order valence-corrected chi connectivity index (χ0v) is 15.1. The highest BCUT2D eigenvalue weighted by Gasteiger charge is 2.44. The van der Waals surface area contributed by atoms with Crippen LogP contribution in [0.5, 0.6) is 0 Å². The summed E-state index contributed by atoms with van der Waals surface area (Å²) in [6.07, 6.45) is 2.07. The van der Waals surface area contributed by atoms with Crippen molar-refractivity contribution in [3.05, 3.63) is 35.4 Å². The number of ketones is 1. The second-order valence-electron chi connectivity index (χ2n) is 7.31. The van der Waals surface area contributed by atoms with Crippen molar-refractivity contribution in [3.8, 4) is 0 Å². The molecule has 0 spiro atoms. The van der Waals surface area contributed by atoms with Crippen molar-refractivity contribution >= 4 is 23.6 Å². The SMILES string of the molecule is CC(C)C[C@H](C(=O)O[C@@H]1CCCCC1=O)N1C(=O)c2ccccc2C1=O. The van der Waals surface area contributed by atoms with Crippen LogP contribution in [-0.2, 0) is 14.3 Å². The maximum absolute atomic E-state index is 12.8. The summed E-state index contributed by atoms with van der Waals surface area (Å²) in [6, 6.07) is 5.52. The third kappa shape index (κ3) is 3.41. The van der Waals surface area contributed by atoms with Crippen molar-refractivity contribution in [1.82, 2.24) is 4.90 Å². The third-order valence-electron chi connectivity index (χ3n) is 4.86. The van der Waals surface area contributed by atoms with Crippen molar-refractivity contribution in [3.63, 3.8) is 0 Å². The predicted octanol–water partition coefficient (Wildman–Crippen LogP) is 2.75. The van der Waals surface area contributed by atoms with Crippen molar-refractivity contribution in [1.29, 1.82) is 0 Å². The molecular weight excluding hydrogens is 334 g/mol. The minimum Gasteiger partial charge on any atom is -0.453 e. The van der Waals surface area contributed by atoms with Crippen LogP contribution in [0.25, 0.3) is 0 Å². The van der Waals surface area contributed by atoms with Crippen molar-refractivity contribution in [2.75, 3.05) is 0 Å². The number of benzene rings is 1. The van der Waals surface area contributed by atoms with E-state index in [9.17, 15) is 19.2 Å². The van der Waals surface area contributed by atoms with E-state index in [1.807, 2.05) is 13.8 Å². The van der Waals surface area contributed by atoms with Crippen molar-refractivity contribution in [2.45, 2.75) is 58.1 Å². The molecule has 0 N–H and O–H groups in total. The van der Waals surface area contributed by atoms with Crippen LogP contribution in [-0.4, -0.2) is 40.6 Å². The Balaban J connectivity index is 1.84. The van der Waals surface area contributed by atoms with Crippen LogP contribution in [0, 0.1) is 5.92 Å². The monoisotopic (exact) mass is 357 g/mol. The lowest BCUT2D eigenvalue weighted by atomic mass is 9.96. The van der Waals surface area contributed by atoms with Gasteiger partial charge in [0.15, 0.2) is 11.9 Å². The van der Waals surface area contributed by atoms with Crippen LogP contribution in [0.4, 0.5) is 0 Å². The molecule has 2 amide bonds. The number of esters is 1. The number of ether oxygens (including phenoxy) is 1. The lowest BCUT2D eigenvalue weighted by molar-refractivity contribution is -0.160. The molecule has 1 aromatic rings. The summed E-state index contributed by atoms with van der Waals surface area (Å²) in [6.45, 7) is 3.81. The van der Waals surface area contributed by atoms with Crippen molar-refractivity contribution < 1.29 is 23.9 Å². The van der Waals surface area contributed by atoms with E-state index in [-0.39, 0.29) is 11.7 Å². The molecule has 0 radical (unpaired) electrons. The fourth-order valence-electron chi connectivity index (χ4n) is 3.54. The summed E-state index contributed by atoms with van der Waals surface area (Å²) in [4.78, 5) is 51.2. The number of fused-ring (bicyclic) bond motifs is 1. The van der Waals surface area contributed by atoms with E-state index in [0.717, 1.165) is 17.7 Å². The molecular formula is C20H23NO5. The molecule has 1 aromatic carbocycles. The molecule has 2 aliphatic rings. The Morgan fingerprint density at radius 3 is 2.27 bits per heavy atom. The van der Waals surface area contributed by atoms with Gasteiger partial charge in [0.05, 0.1) is 11.1 Å². The molecule has 1 saturated carbocycles. The molecule has 26 heavy (non-hydrogen) atoms. The first kappa shape index (κ1) is 18.3. The van der Waals surface area contributed by atoms with Crippen LogP contribution in [0.3, 0.4) is 0 Å². The predicted molar refractivity (Wildman–Crippen MR) is 93.5 cm³/mol. The molecule has 1 heterocycles. The van der Waals surface area contributed by atoms with Gasteiger partial charge in [-0.15, -0.1) is 0 Å². The smallest absolute Gasteiger partial charge is 0.330 e. The molecule has 0 saturated heterocycles. The Hall–Kier alpha value is -2.50. The lowest BCUT2D eigenvalue weighted by Crippen LogP contribution is -2.48. The quantitative estimate of drug-likeness (QED) is 0.598. The van der Waals surface area contributed by atoms with Crippen LogP contribution in [0.15, 0.2) is 24.3 Å². The maximum atomic E-state index is 12.8. The largest absolute Gasteiger partial charge is 0.453 e. The first-order valence-corrected chi connectivity index (χ1v) is 9.10. The van der Waals surface area contributed by atoms with Gasteiger partial charge in [0.25, 0.3) is 11.8 Å². The second-order valence-corrected chi connectivity index (χ2v) is 7.31. The topological polar surface area (TPSA) is 80.8 Å². The Morgan fingerprint density at radius 2 is 1.73 bits per heavy atom. The minimum absolute atomic E-state index is 0.0684. The first-order valence-electron chi connectivity index (χ1n) is 9.10. The number of amides is 2. The van der Waals surface area contributed by atoms with E-state index >= 15 is 0 Å². The standard InChI is InChI=1S/C20H23NO5/c1-12(2)11-15(20(25)26-17-10-6-5-9-16(17)22)21-18(23)13-7-3-4-8-14(13)19(21)24/h3-4,7-8,12,15,17H,5-6,9-11H2,1-2H3/t15-,17-/m1/s1. The van der Waals surface area contributed by atoms with Gasteiger partial charge in [-0.2, -0.15) is 0 Å². The average molecular weight is 357 g/mol. The number of Topliss-reactive ketones (excluding diaryl/α,β-unsaturated/α-hetero) is 1. The highest BCUT2D eigenvalue weighted by molar-refractivity contribution is 6.22. The summed E-state index contributed by atoms with van der Waals surface area (Å²) in [7, 11) is 0. The van der Waals surface area contributed by atoms with Gasteiger partial charge in [0.1, 0.15) is 6.04 Å². The molecule has 0 bridgehead atoms. The van der Waals surface area contributed by atoms with Crippen LogP contribution in [0.2, 0.25) is 0 Å². The molecule has 1 aliphatic heterocycles. The zero-order chi connectivity index (χ0) is 18.8. The molecule has 2 atom stereocenters. The second kappa shape index (κ2) is 7.40. The highest BCUT2D eigenvalue weighted by atomic mass is 16.5. The Kier molecular flexibility index (Phi) is 5.20. The average Bonchev–Trinajstić information content (AvgIpc) is 2.86. The molecule has 1 aliphatic carbocycles. The number of carbonyl (C=O) groups excluding carboxylic acids is 4. The van der Waals surface area contributed by atoms with E-state index in [0.29, 0.717) is 30.4 Å². The first-order chi connectivity index (χ1) is 12.4. The van der Waals surface area contributed by atoms with Gasteiger partial charge >= 0.3 is 5.97 Å². The van der Waals surface area contributed by atoms with Gasteiger partial charge in [0, 0.05) is 6.42 Å². The van der Waals surface area contributed by atoms with Gasteiger partial charge in [-0.1, -0.05) is 26.0 Å².